The molecule has 0 atom stereocenters. The molecule has 0 aliphatic heterocycles. The van der Waals surface area contributed by atoms with Gasteiger partial charge in [0.1, 0.15) is 17.2 Å². The molecule has 132 valence electrons. The third-order valence-electron chi connectivity index (χ3n) is 3.77. The van der Waals surface area contributed by atoms with Crippen molar-refractivity contribution in [1.29, 1.82) is 0 Å². The van der Waals surface area contributed by atoms with Gasteiger partial charge in [-0.25, -0.2) is 0 Å². The van der Waals surface area contributed by atoms with Crippen molar-refractivity contribution in [2.75, 3.05) is 27.8 Å². The van der Waals surface area contributed by atoms with Gasteiger partial charge in [-0.05, 0) is 49.2 Å². The van der Waals surface area contributed by atoms with E-state index in [1.165, 1.54) is 0 Å². The predicted molar refractivity (Wildman–Crippen MR) is 99.9 cm³/mol. The van der Waals surface area contributed by atoms with Gasteiger partial charge in [0.05, 0.1) is 25.4 Å². The standard InChI is InChI=1S/C19H25NO3.ClH/c1-14-11-19(23-4)15(12-18(14)22-3)9-10-20-13-16-7-5-6-8-17(16)21-2;/h5-8,11-12,20H,9-10,13H2,1-4H3;1H/i2D3;. The first-order valence-corrected chi connectivity index (χ1v) is 7.53. The molecule has 4 nitrogen and oxygen atoms in total. The third kappa shape index (κ3) is 5.05. The van der Waals surface area contributed by atoms with Gasteiger partial charge in [0.2, 0.25) is 0 Å². The highest BCUT2D eigenvalue weighted by Gasteiger charge is 2.08. The molecule has 0 spiro atoms. The fourth-order valence-corrected chi connectivity index (χ4v) is 2.50. The molecule has 2 aromatic carbocycles. The number of para-hydroxylation sites is 1. The lowest BCUT2D eigenvalue weighted by molar-refractivity contribution is 0.395. The number of ether oxygens (including phenoxy) is 3. The molecule has 0 aliphatic carbocycles. The minimum absolute atomic E-state index is 0. The Kier molecular flexibility index (Phi) is 6.54. The summed E-state index contributed by atoms with van der Waals surface area (Å²) in [6.45, 7) is 3.19. The van der Waals surface area contributed by atoms with Crippen molar-refractivity contribution in [2.24, 2.45) is 0 Å². The predicted octanol–water partition coefficient (Wildman–Crippen LogP) is 3.77. The lowest BCUT2D eigenvalue weighted by atomic mass is 10.1. The van der Waals surface area contributed by atoms with Gasteiger partial charge in [-0.3, -0.25) is 0 Å². The Bertz CT molecular complexity index is 739. The van der Waals surface area contributed by atoms with Crippen LogP contribution in [0.2, 0.25) is 0 Å². The van der Waals surface area contributed by atoms with Crippen molar-refractivity contribution < 1.29 is 18.3 Å². The van der Waals surface area contributed by atoms with E-state index in [0.717, 1.165) is 34.6 Å². The first-order chi connectivity index (χ1) is 12.3. The van der Waals surface area contributed by atoms with E-state index in [0.29, 0.717) is 18.8 Å². The zero-order valence-corrected chi connectivity index (χ0v) is 15.0. The summed E-state index contributed by atoms with van der Waals surface area (Å²) in [7, 11) is 0.848. The molecule has 0 saturated heterocycles. The molecule has 2 aromatic rings. The smallest absolute Gasteiger partial charge is 0.123 e. The van der Waals surface area contributed by atoms with Crippen LogP contribution in [0, 0.1) is 6.92 Å². The molecule has 0 aliphatic rings. The molecule has 0 bridgehead atoms. The van der Waals surface area contributed by atoms with E-state index in [-0.39, 0.29) is 12.4 Å². The summed E-state index contributed by atoms with van der Waals surface area (Å²) in [5.74, 6) is 2.03. The topological polar surface area (TPSA) is 39.7 Å². The second-order valence-corrected chi connectivity index (χ2v) is 5.27. The van der Waals surface area contributed by atoms with Crippen molar-refractivity contribution in [2.45, 2.75) is 19.9 Å². The number of hydrogen-bond donors (Lipinski definition) is 1. The van der Waals surface area contributed by atoms with Gasteiger partial charge in [-0.2, -0.15) is 0 Å². The average molecular weight is 355 g/mol. The third-order valence-corrected chi connectivity index (χ3v) is 3.77. The van der Waals surface area contributed by atoms with Gasteiger partial charge in [-0.15, -0.1) is 12.4 Å². The van der Waals surface area contributed by atoms with E-state index < -0.39 is 7.04 Å². The molecule has 0 fully saturated rings. The summed E-state index contributed by atoms with van der Waals surface area (Å²) in [6.07, 6.45) is 0.752. The van der Waals surface area contributed by atoms with Crippen LogP contribution in [0.15, 0.2) is 36.4 Å². The Balaban J connectivity index is 0.00000364. The molecular weight excluding hydrogens is 326 g/mol. The average Bonchev–Trinajstić information content (AvgIpc) is 2.59. The van der Waals surface area contributed by atoms with Crippen molar-refractivity contribution in [3.05, 3.63) is 53.1 Å². The number of nitrogens with one attached hydrogen (secondary N) is 1. The van der Waals surface area contributed by atoms with Crippen molar-refractivity contribution >= 4 is 12.4 Å². The molecule has 24 heavy (non-hydrogen) atoms. The SMILES string of the molecule is Cl.[2H]C([2H])([2H])Oc1ccccc1CNCCc1cc(OC)c(C)cc1OC. The van der Waals surface area contributed by atoms with Gasteiger partial charge >= 0.3 is 0 Å². The number of hydrogen-bond acceptors (Lipinski definition) is 4. The van der Waals surface area contributed by atoms with E-state index in [1.54, 1.807) is 26.4 Å². The highest BCUT2D eigenvalue weighted by molar-refractivity contribution is 5.85. The minimum atomic E-state index is -2.46. The maximum absolute atomic E-state index is 7.26. The van der Waals surface area contributed by atoms with Crippen LogP contribution in [-0.4, -0.2) is 27.8 Å². The summed E-state index contributed by atoms with van der Waals surface area (Å²) in [4.78, 5) is 0. The lowest BCUT2D eigenvalue weighted by Gasteiger charge is -2.14. The maximum atomic E-state index is 7.26. The summed E-state index contributed by atoms with van der Waals surface area (Å²) in [6, 6.07) is 11.1. The van der Waals surface area contributed by atoms with Crippen LogP contribution in [0.5, 0.6) is 17.2 Å². The monoisotopic (exact) mass is 354 g/mol. The first kappa shape index (κ1) is 15.6. The fourth-order valence-electron chi connectivity index (χ4n) is 2.50. The molecule has 0 amide bonds. The van der Waals surface area contributed by atoms with Gasteiger partial charge in [-0.1, -0.05) is 18.2 Å². The minimum Gasteiger partial charge on any atom is -0.496 e. The molecule has 1 N–H and O–H groups in total. The van der Waals surface area contributed by atoms with Gasteiger partial charge < -0.3 is 19.5 Å². The molecule has 5 heteroatoms. The van der Waals surface area contributed by atoms with Crippen LogP contribution in [0.1, 0.15) is 20.8 Å². The van der Waals surface area contributed by atoms with Crippen LogP contribution < -0.4 is 19.5 Å². The number of halogens is 1. The number of aryl methyl sites for hydroxylation is 1. The normalized spacial score (nSPS) is 12.4. The van der Waals surface area contributed by atoms with Gasteiger partial charge in [0, 0.05) is 12.1 Å². The van der Waals surface area contributed by atoms with E-state index in [2.05, 4.69) is 5.32 Å². The maximum Gasteiger partial charge on any atom is 0.123 e. The van der Waals surface area contributed by atoms with Crippen LogP contribution in [-0.2, 0) is 13.0 Å². The van der Waals surface area contributed by atoms with Crippen LogP contribution >= 0.6 is 12.4 Å². The number of methoxy groups -OCH3 is 3. The zero-order valence-electron chi connectivity index (χ0n) is 17.2. The van der Waals surface area contributed by atoms with Crippen LogP contribution in [0.4, 0.5) is 0 Å². The summed E-state index contributed by atoms with van der Waals surface area (Å²) >= 11 is 0. The molecule has 0 saturated carbocycles. The van der Waals surface area contributed by atoms with Crippen molar-refractivity contribution in [1.82, 2.24) is 5.32 Å². The molecule has 0 unspecified atom stereocenters. The van der Waals surface area contributed by atoms with E-state index in [9.17, 15) is 0 Å². The number of rotatable bonds is 8. The Labute approximate surface area is 154 Å². The van der Waals surface area contributed by atoms with E-state index >= 15 is 0 Å². The van der Waals surface area contributed by atoms with Gasteiger partial charge in [0.15, 0.2) is 0 Å². The Hall–Kier alpha value is -1.91. The Morgan fingerprint density at radius 3 is 2.42 bits per heavy atom. The summed E-state index contributed by atoms with van der Waals surface area (Å²) in [5, 5.41) is 3.32. The van der Waals surface area contributed by atoms with E-state index in [4.69, 9.17) is 18.3 Å². The summed E-state index contributed by atoms with van der Waals surface area (Å²) in [5.41, 5.74) is 2.88. The quantitative estimate of drug-likeness (QED) is 0.732. The zero-order chi connectivity index (χ0) is 19.2. The highest BCUT2D eigenvalue weighted by atomic mass is 35.5. The number of benzene rings is 2. The molecule has 0 heterocycles. The second kappa shape index (κ2) is 10.1. The van der Waals surface area contributed by atoms with Gasteiger partial charge in [0.25, 0.3) is 0 Å². The second-order valence-electron chi connectivity index (χ2n) is 5.27. The van der Waals surface area contributed by atoms with Crippen LogP contribution in [0.3, 0.4) is 0 Å². The molecule has 0 aromatic heterocycles. The van der Waals surface area contributed by atoms with Crippen LogP contribution in [0.25, 0.3) is 0 Å². The van der Waals surface area contributed by atoms with E-state index in [1.807, 2.05) is 31.2 Å². The van der Waals surface area contributed by atoms with Crippen molar-refractivity contribution in [3.63, 3.8) is 0 Å². The molecule has 0 radical (unpaired) electrons. The highest BCUT2D eigenvalue weighted by Crippen LogP contribution is 2.28. The molecule has 2 rings (SSSR count). The largest absolute Gasteiger partial charge is 0.496 e. The Morgan fingerprint density at radius 2 is 1.71 bits per heavy atom. The summed E-state index contributed by atoms with van der Waals surface area (Å²) < 4.78 is 37.6. The fraction of sp³-hybridized carbons (Fsp3) is 0.368. The first-order valence-electron chi connectivity index (χ1n) is 9.03. The van der Waals surface area contributed by atoms with Crippen molar-refractivity contribution in [3.8, 4) is 17.2 Å². The molecular formula is C19H26ClNO3. The Morgan fingerprint density at radius 1 is 0.958 bits per heavy atom. The lowest BCUT2D eigenvalue weighted by Crippen LogP contribution is -2.17.